The van der Waals surface area contributed by atoms with Crippen molar-refractivity contribution in [1.82, 2.24) is 5.32 Å². The average Bonchev–Trinajstić information content (AvgIpc) is 2.51. The van der Waals surface area contributed by atoms with E-state index in [-0.39, 0.29) is 0 Å². The van der Waals surface area contributed by atoms with Crippen LogP contribution in [0.4, 0.5) is 0 Å². The van der Waals surface area contributed by atoms with Gasteiger partial charge in [-0.3, -0.25) is 0 Å². The molecule has 2 heteroatoms. The van der Waals surface area contributed by atoms with Crippen molar-refractivity contribution in [3.05, 3.63) is 54.1 Å². The molecule has 0 heterocycles. The van der Waals surface area contributed by atoms with Crippen LogP contribution in [-0.4, -0.2) is 13.2 Å². The molecule has 1 aromatic rings. The molecule has 2 nitrogen and oxygen atoms in total. The highest BCUT2D eigenvalue weighted by Crippen LogP contribution is 2.20. The minimum Gasteiger partial charge on any atom is -0.489 e. The predicted octanol–water partition coefficient (Wildman–Crippen LogP) is 4.23. The van der Waals surface area contributed by atoms with Crippen molar-refractivity contribution in [3.8, 4) is 5.75 Å². The Balaban J connectivity index is 1.75. The van der Waals surface area contributed by atoms with E-state index in [0.717, 1.165) is 18.8 Å². The first-order valence-electron chi connectivity index (χ1n) is 7.60. The number of ether oxygens (including phenoxy) is 1. The van der Waals surface area contributed by atoms with Crippen molar-refractivity contribution in [2.45, 2.75) is 38.6 Å². The van der Waals surface area contributed by atoms with E-state index >= 15 is 0 Å². The Morgan fingerprint density at radius 2 is 2.15 bits per heavy atom. The van der Waals surface area contributed by atoms with E-state index < -0.39 is 0 Å². The van der Waals surface area contributed by atoms with Gasteiger partial charge in [0.2, 0.25) is 0 Å². The smallest absolute Gasteiger partial charge is 0.124 e. The quantitative estimate of drug-likeness (QED) is 0.564. The van der Waals surface area contributed by atoms with Gasteiger partial charge < -0.3 is 10.1 Å². The molecule has 0 amide bonds. The van der Waals surface area contributed by atoms with E-state index in [1.807, 2.05) is 12.1 Å². The van der Waals surface area contributed by atoms with Gasteiger partial charge in [-0.05, 0) is 44.7 Å². The highest BCUT2D eigenvalue weighted by Gasteiger charge is 2.04. The molecule has 0 saturated heterocycles. The minimum atomic E-state index is 0.559. The van der Waals surface area contributed by atoms with Gasteiger partial charge in [0.05, 0.1) is 0 Å². The lowest BCUT2D eigenvalue weighted by atomic mass is 9.97. The molecule has 1 aliphatic rings. The van der Waals surface area contributed by atoms with Gasteiger partial charge >= 0.3 is 0 Å². The van der Waals surface area contributed by atoms with Crippen LogP contribution in [0.15, 0.2) is 48.6 Å². The summed E-state index contributed by atoms with van der Waals surface area (Å²) in [5.74, 6) is 0.955. The maximum absolute atomic E-state index is 5.66. The van der Waals surface area contributed by atoms with Crippen LogP contribution in [0.2, 0.25) is 0 Å². The standard InChI is InChI=1S/C18H25NO/c1-2-14-20-18-11-7-6-10-17(18)15-19-13-12-16-8-4-3-5-9-16/h2,6-8,10-11,19H,1,3-5,9,12-15H2. The highest BCUT2D eigenvalue weighted by atomic mass is 16.5. The summed E-state index contributed by atoms with van der Waals surface area (Å²) in [5, 5.41) is 3.52. The maximum atomic E-state index is 5.66. The van der Waals surface area contributed by atoms with Crippen LogP contribution in [0, 0.1) is 0 Å². The fraction of sp³-hybridized carbons (Fsp3) is 0.444. The number of benzene rings is 1. The fourth-order valence-corrected chi connectivity index (χ4v) is 2.54. The Hall–Kier alpha value is -1.54. The summed E-state index contributed by atoms with van der Waals surface area (Å²) in [6, 6.07) is 8.20. The van der Waals surface area contributed by atoms with Crippen molar-refractivity contribution >= 4 is 0 Å². The number of rotatable bonds is 8. The first-order chi connectivity index (χ1) is 9.90. The highest BCUT2D eigenvalue weighted by molar-refractivity contribution is 5.33. The molecule has 0 unspecified atom stereocenters. The van der Waals surface area contributed by atoms with Crippen LogP contribution < -0.4 is 10.1 Å². The Morgan fingerprint density at radius 1 is 1.25 bits per heavy atom. The number of nitrogens with one attached hydrogen (secondary N) is 1. The third kappa shape index (κ3) is 4.86. The first kappa shape index (κ1) is 14.9. The zero-order valence-corrected chi connectivity index (χ0v) is 12.2. The summed E-state index contributed by atoms with van der Waals surface area (Å²) >= 11 is 0. The van der Waals surface area contributed by atoms with Gasteiger partial charge in [0.25, 0.3) is 0 Å². The third-order valence-corrected chi connectivity index (χ3v) is 3.65. The Bertz CT molecular complexity index is 450. The second-order valence-electron chi connectivity index (χ2n) is 5.24. The normalized spacial score (nSPS) is 14.7. The number of allylic oxidation sites excluding steroid dienone is 1. The van der Waals surface area contributed by atoms with Crippen molar-refractivity contribution in [2.24, 2.45) is 0 Å². The first-order valence-corrected chi connectivity index (χ1v) is 7.60. The van der Waals surface area contributed by atoms with Crippen LogP contribution in [0.25, 0.3) is 0 Å². The van der Waals surface area contributed by atoms with Crippen LogP contribution in [0.3, 0.4) is 0 Å². The number of hydrogen-bond acceptors (Lipinski definition) is 2. The topological polar surface area (TPSA) is 21.3 Å². The van der Waals surface area contributed by atoms with E-state index in [4.69, 9.17) is 4.74 Å². The maximum Gasteiger partial charge on any atom is 0.124 e. The summed E-state index contributed by atoms with van der Waals surface area (Å²) in [4.78, 5) is 0. The number of para-hydroxylation sites is 1. The van der Waals surface area contributed by atoms with E-state index in [9.17, 15) is 0 Å². The molecule has 20 heavy (non-hydrogen) atoms. The summed E-state index contributed by atoms with van der Waals surface area (Å²) in [5.41, 5.74) is 2.84. The lowest BCUT2D eigenvalue weighted by molar-refractivity contribution is 0.358. The molecule has 1 aliphatic carbocycles. The van der Waals surface area contributed by atoms with Gasteiger partial charge in [0.1, 0.15) is 12.4 Å². The van der Waals surface area contributed by atoms with Crippen molar-refractivity contribution in [1.29, 1.82) is 0 Å². The molecule has 0 aliphatic heterocycles. The molecular weight excluding hydrogens is 246 g/mol. The molecule has 0 aromatic heterocycles. The van der Waals surface area contributed by atoms with Gasteiger partial charge in [0.15, 0.2) is 0 Å². The third-order valence-electron chi connectivity index (χ3n) is 3.65. The van der Waals surface area contributed by atoms with Gasteiger partial charge in [-0.15, -0.1) is 0 Å². The fourth-order valence-electron chi connectivity index (χ4n) is 2.54. The second-order valence-corrected chi connectivity index (χ2v) is 5.24. The molecular formula is C18H25NO. The van der Waals surface area contributed by atoms with Crippen LogP contribution in [0.1, 0.15) is 37.7 Å². The van der Waals surface area contributed by atoms with Gasteiger partial charge in [0, 0.05) is 12.1 Å². The molecule has 1 aromatic carbocycles. The predicted molar refractivity (Wildman–Crippen MR) is 85.0 cm³/mol. The molecule has 0 saturated carbocycles. The van der Waals surface area contributed by atoms with E-state index in [1.165, 1.54) is 37.7 Å². The summed E-state index contributed by atoms with van der Waals surface area (Å²) < 4.78 is 5.66. The largest absolute Gasteiger partial charge is 0.489 e. The molecule has 1 N–H and O–H groups in total. The average molecular weight is 271 g/mol. The zero-order valence-electron chi connectivity index (χ0n) is 12.2. The number of hydrogen-bond donors (Lipinski definition) is 1. The Kier molecular flexibility index (Phi) is 6.39. The van der Waals surface area contributed by atoms with Crippen molar-refractivity contribution < 1.29 is 4.74 Å². The van der Waals surface area contributed by atoms with Crippen molar-refractivity contribution in [3.63, 3.8) is 0 Å². The van der Waals surface area contributed by atoms with Gasteiger partial charge in [-0.1, -0.05) is 42.5 Å². The molecule has 0 spiro atoms. The Labute approximate surface area is 122 Å². The monoisotopic (exact) mass is 271 g/mol. The molecule has 108 valence electrons. The van der Waals surface area contributed by atoms with Crippen molar-refractivity contribution in [2.75, 3.05) is 13.2 Å². The van der Waals surface area contributed by atoms with E-state index in [1.54, 1.807) is 11.6 Å². The van der Waals surface area contributed by atoms with E-state index in [0.29, 0.717) is 6.61 Å². The van der Waals surface area contributed by atoms with Crippen LogP contribution in [-0.2, 0) is 6.54 Å². The van der Waals surface area contributed by atoms with Crippen LogP contribution >= 0.6 is 0 Å². The van der Waals surface area contributed by atoms with Crippen LogP contribution in [0.5, 0.6) is 5.75 Å². The zero-order chi connectivity index (χ0) is 14.0. The summed E-state index contributed by atoms with van der Waals surface area (Å²) in [6.07, 6.45) is 10.7. The molecule has 2 rings (SSSR count). The van der Waals surface area contributed by atoms with Gasteiger partial charge in [-0.25, -0.2) is 0 Å². The lowest BCUT2D eigenvalue weighted by Gasteiger charge is -2.14. The lowest BCUT2D eigenvalue weighted by Crippen LogP contribution is -2.16. The van der Waals surface area contributed by atoms with E-state index in [2.05, 4.69) is 30.1 Å². The molecule has 0 fully saturated rings. The summed E-state index contributed by atoms with van der Waals surface area (Å²) in [7, 11) is 0. The molecule has 0 bridgehead atoms. The molecule has 0 atom stereocenters. The SMILES string of the molecule is C=CCOc1ccccc1CNCCC1=CCCCC1. The Morgan fingerprint density at radius 3 is 2.95 bits per heavy atom. The minimum absolute atomic E-state index is 0.559. The van der Waals surface area contributed by atoms with Gasteiger partial charge in [-0.2, -0.15) is 0 Å². The summed E-state index contributed by atoms with van der Waals surface area (Å²) in [6.45, 7) is 6.15. The second kappa shape index (κ2) is 8.60. The molecule has 0 radical (unpaired) electrons.